The Bertz CT molecular complexity index is 574. The van der Waals surface area contributed by atoms with E-state index in [1.54, 1.807) is 0 Å². The van der Waals surface area contributed by atoms with Gasteiger partial charge >= 0.3 is 0 Å². The Morgan fingerprint density at radius 3 is 2.81 bits per heavy atom. The summed E-state index contributed by atoms with van der Waals surface area (Å²) in [6.07, 6.45) is 1.50. The second-order valence-corrected chi connectivity index (χ2v) is 7.80. The van der Waals surface area contributed by atoms with E-state index in [9.17, 15) is 17.2 Å². The summed E-state index contributed by atoms with van der Waals surface area (Å²) in [7, 11) is -3.48. The number of hydrogen-bond acceptors (Lipinski definition) is 5. The maximum absolute atomic E-state index is 13.1. The van der Waals surface area contributed by atoms with Gasteiger partial charge in [0.05, 0.1) is 5.75 Å². The van der Waals surface area contributed by atoms with Crippen LogP contribution in [-0.2, 0) is 22.1 Å². The molecule has 120 valence electrons. The van der Waals surface area contributed by atoms with Gasteiger partial charge in [0.1, 0.15) is 5.75 Å². The van der Waals surface area contributed by atoms with E-state index in [2.05, 4.69) is 15.5 Å². The number of sulfone groups is 1. The molecule has 9 heteroatoms. The maximum atomic E-state index is 13.1. The lowest BCUT2D eigenvalue weighted by atomic mass is 10.1. The van der Waals surface area contributed by atoms with Gasteiger partial charge in [0.25, 0.3) is 0 Å². The van der Waals surface area contributed by atoms with Crippen LogP contribution in [0, 0.1) is 5.92 Å². The van der Waals surface area contributed by atoms with E-state index in [1.807, 2.05) is 6.92 Å². The molecule has 0 amide bonds. The van der Waals surface area contributed by atoms with E-state index < -0.39 is 21.7 Å². The molecule has 1 fully saturated rings. The number of hydrogen-bond donors (Lipinski definition) is 0. The maximum Gasteiger partial charge on any atom is 0.248 e. The number of aromatic nitrogens is 4. The molecule has 0 bridgehead atoms. The lowest BCUT2D eigenvalue weighted by Crippen LogP contribution is -2.20. The van der Waals surface area contributed by atoms with Crippen molar-refractivity contribution in [3.05, 3.63) is 5.82 Å². The molecule has 1 aromatic heterocycles. The van der Waals surface area contributed by atoms with E-state index in [0.717, 1.165) is 12.8 Å². The molecule has 6 nitrogen and oxygen atoms in total. The highest BCUT2D eigenvalue weighted by Crippen LogP contribution is 2.39. The summed E-state index contributed by atoms with van der Waals surface area (Å²) in [5.41, 5.74) is 0. The van der Waals surface area contributed by atoms with Crippen LogP contribution in [0.3, 0.4) is 0 Å². The summed E-state index contributed by atoms with van der Waals surface area (Å²) >= 11 is 0. The van der Waals surface area contributed by atoms with Crippen molar-refractivity contribution in [2.45, 2.75) is 57.2 Å². The molecular weight excluding hydrogens is 302 g/mol. The van der Waals surface area contributed by atoms with Gasteiger partial charge < -0.3 is 0 Å². The van der Waals surface area contributed by atoms with Crippen LogP contribution in [0.2, 0.25) is 0 Å². The molecular formula is C12H20F2N4O2S. The van der Waals surface area contributed by atoms with Gasteiger partial charge in [0, 0.05) is 19.4 Å². The van der Waals surface area contributed by atoms with Crippen LogP contribution in [0.25, 0.3) is 0 Å². The number of aryl methyl sites for hydroxylation is 1. The van der Waals surface area contributed by atoms with Crippen LogP contribution >= 0.6 is 0 Å². The molecule has 0 aliphatic heterocycles. The highest BCUT2D eigenvalue weighted by molar-refractivity contribution is 7.90. The summed E-state index contributed by atoms with van der Waals surface area (Å²) in [4.78, 5) is 0. The minimum absolute atomic E-state index is 0.219. The molecule has 1 aliphatic rings. The Morgan fingerprint density at radius 2 is 2.19 bits per heavy atom. The smallest absolute Gasteiger partial charge is 0.229 e. The monoisotopic (exact) mass is 322 g/mol. The fraction of sp³-hybridized carbons (Fsp3) is 0.917. The minimum Gasteiger partial charge on any atom is -0.229 e. The molecule has 1 aromatic rings. The predicted molar refractivity (Wildman–Crippen MR) is 72.5 cm³/mol. The highest BCUT2D eigenvalue weighted by atomic mass is 32.2. The van der Waals surface area contributed by atoms with Gasteiger partial charge in [-0.1, -0.05) is 13.3 Å². The molecule has 1 atom stereocenters. The first-order valence-corrected chi connectivity index (χ1v) is 8.97. The summed E-state index contributed by atoms with van der Waals surface area (Å²) in [6.45, 7) is 2.58. The first-order chi connectivity index (χ1) is 9.81. The molecule has 0 radical (unpaired) electrons. The Balaban J connectivity index is 1.97. The van der Waals surface area contributed by atoms with E-state index in [1.165, 1.54) is 4.68 Å². The number of rotatable bonds is 7. The van der Waals surface area contributed by atoms with Gasteiger partial charge in [-0.3, -0.25) is 0 Å². The van der Waals surface area contributed by atoms with Crippen molar-refractivity contribution in [1.82, 2.24) is 20.2 Å². The second kappa shape index (κ2) is 6.33. The van der Waals surface area contributed by atoms with Crippen molar-refractivity contribution in [1.29, 1.82) is 0 Å². The third-order valence-corrected chi connectivity index (χ3v) is 5.35. The number of alkyl halides is 2. The summed E-state index contributed by atoms with van der Waals surface area (Å²) in [5.74, 6) is -3.41. The molecule has 2 rings (SSSR count). The van der Waals surface area contributed by atoms with Crippen LogP contribution in [0.4, 0.5) is 8.78 Å². The lowest BCUT2D eigenvalue weighted by Gasteiger charge is -2.11. The van der Waals surface area contributed by atoms with Crippen LogP contribution in [0.1, 0.15) is 44.9 Å². The lowest BCUT2D eigenvalue weighted by molar-refractivity contribution is 0.00592. The largest absolute Gasteiger partial charge is 0.248 e. The van der Waals surface area contributed by atoms with Crippen molar-refractivity contribution in [3.63, 3.8) is 0 Å². The van der Waals surface area contributed by atoms with E-state index in [-0.39, 0.29) is 36.6 Å². The molecule has 0 spiro atoms. The van der Waals surface area contributed by atoms with Gasteiger partial charge in [0.15, 0.2) is 15.7 Å². The van der Waals surface area contributed by atoms with Crippen LogP contribution in [-0.4, -0.2) is 40.3 Å². The number of nitrogens with zero attached hydrogens (tertiary/aromatic N) is 4. The molecule has 1 unspecified atom stereocenters. The zero-order chi connectivity index (χ0) is 15.5. The molecule has 0 aromatic carbocycles. The van der Waals surface area contributed by atoms with Crippen LogP contribution in [0.5, 0.6) is 0 Å². The molecule has 1 heterocycles. The van der Waals surface area contributed by atoms with Gasteiger partial charge in [-0.25, -0.2) is 21.9 Å². The first-order valence-electron chi connectivity index (χ1n) is 7.14. The van der Waals surface area contributed by atoms with E-state index in [0.29, 0.717) is 6.54 Å². The number of tetrazole rings is 1. The molecule has 1 saturated carbocycles. The van der Waals surface area contributed by atoms with Gasteiger partial charge in [-0.15, -0.1) is 5.10 Å². The number of halogens is 2. The topological polar surface area (TPSA) is 77.7 Å². The average molecular weight is 322 g/mol. The molecule has 0 saturated heterocycles. The van der Waals surface area contributed by atoms with Crippen LogP contribution in [0.15, 0.2) is 0 Å². The standard InChI is InChI=1S/C12H20F2N4O2S/c1-2-3-6-18-11(15-16-17-18)9-21(19,20)8-10-4-5-12(13,14)7-10/h10H,2-9H2,1H3. The van der Waals surface area contributed by atoms with Crippen molar-refractivity contribution in [2.24, 2.45) is 5.92 Å². The van der Waals surface area contributed by atoms with Gasteiger partial charge in [-0.2, -0.15) is 0 Å². The van der Waals surface area contributed by atoms with Crippen molar-refractivity contribution in [3.8, 4) is 0 Å². The van der Waals surface area contributed by atoms with Crippen molar-refractivity contribution in [2.75, 3.05) is 5.75 Å². The summed E-state index contributed by atoms with van der Waals surface area (Å²) in [6, 6.07) is 0. The zero-order valence-electron chi connectivity index (χ0n) is 12.0. The Labute approximate surface area is 122 Å². The Kier molecular flexibility index (Phi) is 4.90. The Morgan fingerprint density at radius 1 is 1.43 bits per heavy atom. The highest BCUT2D eigenvalue weighted by Gasteiger charge is 2.41. The van der Waals surface area contributed by atoms with Gasteiger partial charge in [0.2, 0.25) is 5.92 Å². The van der Waals surface area contributed by atoms with Crippen molar-refractivity contribution >= 4 is 9.84 Å². The fourth-order valence-corrected chi connectivity index (χ4v) is 4.33. The summed E-state index contributed by atoms with van der Waals surface area (Å²) < 4.78 is 52.0. The van der Waals surface area contributed by atoms with E-state index >= 15 is 0 Å². The average Bonchev–Trinajstić information content (AvgIpc) is 2.92. The summed E-state index contributed by atoms with van der Waals surface area (Å²) in [5, 5.41) is 11.0. The fourth-order valence-electron chi connectivity index (χ4n) is 2.61. The molecule has 21 heavy (non-hydrogen) atoms. The predicted octanol–water partition coefficient (Wildman–Crippen LogP) is 1.82. The SMILES string of the molecule is CCCCn1nnnc1CS(=O)(=O)CC1CCC(F)(F)C1. The normalized spacial score (nSPS) is 21.8. The third-order valence-electron chi connectivity index (χ3n) is 3.67. The van der Waals surface area contributed by atoms with Crippen LogP contribution < -0.4 is 0 Å². The quantitative estimate of drug-likeness (QED) is 0.765. The zero-order valence-corrected chi connectivity index (χ0v) is 12.8. The third kappa shape index (κ3) is 4.69. The Hall–Kier alpha value is -1.12. The molecule has 1 aliphatic carbocycles. The van der Waals surface area contributed by atoms with Gasteiger partial charge in [-0.05, 0) is 29.2 Å². The van der Waals surface area contributed by atoms with E-state index in [4.69, 9.17) is 0 Å². The number of unbranched alkanes of at least 4 members (excludes halogenated alkanes) is 1. The first kappa shape index (κ1) is 16.3. The second-order valence-electron chi connectivity index (χ2n) is 5.69. The minimum atomic E-state index is -3.48. The molecule has 0 N–H and O–H groups in total. The van der Waals surface area contributed by atoms with Crippen molar-refractivity contribution < 1.29 is 17.2 Å².